The van der Waals surface area contributed by atoms with Gasteiger partial charge in [-0.15, -0.1) is 5.10 Å². The van der Waals surface area contributed by atoms with Crippen molar-refractivity contribution < 1.29 is 0 Å². The van der Waals surface area contributed by atoms with E-state index in [1.54, 1.807) is 4.52 Å². The van der Waals surface area contributed by atoms with Gasteiger partial charge in [-0.2, -0.15) is 5.26 Å². The Kier molecular flexibility index (Phi) is 4.62. The Morgan fingerprint density at radius 3 is 2.10 bits per heavy atom. The summed E-state index contributed by atoms with van der Waals surface area (Å²) in [5.74, 6) is 0.593. The van der Waals surface area contributed by atoms with Gasteiger partial charge in [0.1, 0.15) is 11.6 Å². The standard InChI is InChI=1S/C25H15BrN4/c26-20-13-7-12-19(14-20)21-15-23(17-8-3-1-4-9-17)30-25(22(21)16-27)28-24(29-30)18-10-5-2-6-11-18/h1-15H. The van der Waals surface area contributed by atoms with Gasteiger partial charge < -0.3 is 0 Å². The zero-order chi connectivity index (χ0) is 20.5. The van der Waals surface area contributed by atoms with E-state index in [9.17, 15) is 5.26 Å². The predicted molar refractivity (Wildman–Crippen MR) is 122 cm³/mol. The maximum absolute atomic E-state index is 10.0. The van der Waals surface area contributed by atoms with Crippen LogP contribution in [0.3, 0.4) is 0 Å². The molecule has 2 aromatic heterocycles. The van der Waals surface area contributed by atoms with Gasteiger partial charge in [-0.1, -0.05) is 88.7 Å². The molecule has 0 radical (unpaired) electrons. The van der Waals surface area contributed by atoms with E-state index in [4.69, 9.17) is 10.1 Å². The van der Waals surface area contributed by atoms with Gasteiger partial charge >= 0.3 is 0 Å². The number of halogens is 1. The van der Waals surface area contributed by atoms with Crippen LogP contribution in [0.15, 0.2) is 95.5 Å². The molecule has 0 atom stereocenters. The third-order valence-corrected chi connectivity index (χ3v) is 5.45. The molecule has 0 aliphatic carbocycles. The summed E-state index contributed by atoms with van der Waals surface area (Å²) in [6, 6.07) is 32.2. The molecule has 0 bridgehead atoms. The average molecular weight is 451 g/mol. The third kappa shape index (κ3) is 3.18. The number of nitrogens with zero attached hydrogens (tertiary/aromatic N) is 4. The Balaban J connectivity index is 1.87. The number of aromatic nitrogens is 3. The molecule has 4 nitrogen and oxygen atoms in total. The van der Waals surface area contributed by atoms with Crippen molar-refractivity contribution in [3.8, 4) is 39.8 Å². The highest BCUT2D eigenvalue weighted by molar-refractivity contribution is 9.10. The Bertz CT molecular complexity index is 1400. The fourth-order valence-corrected chi connectivity index (χ4v) is 3.95. The molecule has 0 fully saturated rings. The number of rotatable bonds is 3. The second-order valence-corrected chi connectivity index (χ2v) is 7.76. The zero-order valence-electron chi connectivity index (χ0n) is 15.8. The number of benzene rings is 3. The highest BCUT2D eigenvalue weighted by Gasteiger charge is 2.19. The van der Waals surface area contributed by atoms with E-state index < -0.39 is 0 Å². The topological polar surface area (TPSA) is 54.0 Å². The van der Waals surface area contributed by atoms with Gasteiger partial charge in [0.05, 0.1) is 5.69 Å². The quantitative estimate of drug-likeness (QED) is 0.321. The maximum Gasteiger partial charge on any atom is 0.182 e. The van der Waals surface area contributed by atoms with E-state index in [0.29, 0.717) is 17.0 Å². The van der Waals surface area contributed by atoms with Crippen molar-refractivity contribution in [3.05, 3.63) is 101 Å². The number of hydrogen-bond acceptors (Lipinski definition) is 3. The molecule has 3 aromatic carbocycles. The first-order valence-electron chi connectivity index (χ1n) is 9.45. The monoisotopic (exact) mass is 450 g/mol. The van der Waals surface area contributed by atoms with E-state index in [0.717, 1.165) is 32.4 Å². The Morgan fingerprint density at radius 1 is 0.767 bits per heavy atom. The van der Waals surface area contributed by atoms with E-state index in [1.165, 1.54) is 0 Å². The lowest BCUT2D eigenvalue weighted by Gasteiger charge is -2.11. The minimum Gasteiger partial charge on any atom is -0.211 e. The summed E-state index contributed by atoms with van der Waals surface area (Å²) >= 11 is 3.54. The van der Waals surface area contributed by atoms with Gasteiger partial charge in [-0.05, 0) is 23.8 Å². The lowest BCUT2D eigenvalue weighted by molar-refractivity contribution is 0.972. The van der Waals surface area contributed by atoms with E-state index in [-0.39, 0.29) is 0 Å². The predicted octanol–water partition coefficient (Wildman–Crippen LogP) is 6.36. The number of pyridine rings is 1. The molecule has 0 saturated heterocycles. The van der Waals surface area contributed by atoms with Crippen LogP contribution < -0.4 is 0 Å². The SMILES string of the molecule is N#Cc1c(-c2cccc(Br)c2)cc(-c2ccccc2)n2nc(-c3ccccc3)nc12. The lowest BCUT2D eigenvalue weighted by atomic mass is 9.99. The Labute approximate surface area is 182 Å². The molecule has 30 heavy (non-hydrogen) atoms. The lowest BCUT2D eigenvalue weighted by Crippen LogP contribution is -1.99. The molecule has 0 amide bonds. The molecule has 0 spiro atoms. The summed E-state index contributed by atoms with van der Waals surface area (Å²) in [4.78, 5) is 4.77. The van der Waals surface area contributed by atoms with Crippen molar-refractivity contribution in [2.24, 2.45) is 0 Å². The van der Waals surface area contributed by atoms with Gasteiger partial charge in [0.25, 0.3) is 0 Å². The van der Waals surface area contributed by atoms with Crippen LogP contribution in [0.4, 0.5) is 0 Å². The smallest absolute Gasteiger partial charge is 0.182 e. The second-order valence-electron chi connectivity index (χ2n) is 6.84. The van der Waals surface area contributed by atoms with Crippen molar-refractivity contribution in [1.82, 2.24) is 14.6 Å². The van der Waals surface area contributed by atoms with Crippen LogP contribution in [0, 0.1) is 11.3 Å². The molecule has 5 rings (SSSR count). The summed E-state index contributed by atoms with van der Waals surface area (Å²) < 4.78 is 2.73. The highest BCUT2D eigenvalue weighted by Crippen LogP contribution is 2.33. The molecule has 142 valence electrons. The summed E-state index contributed by atoms with van der Waals surface area (Å²) in [6.07, 6.45) is 0. The van der Waals surface area contributed by atoms with Crippen molar-refractivity contribution in [2.75, 3.05) is 0 Å². The van der Waals surface area contributed by atoms with Crippen LogP contribution in [0.1, 0.15) is 5.56 Å². The molecule has 2 heterocycles. The fraction of sp³-hybridized carbons (Fsp3) is 0. The maximum atomic E-state index is 10.0. The van der Waals surface area contributed by atoms with Crippen molar-refractivity contribution in [1.29, 1.82) is 5.26 Å². The molecule has 0 saturated carbocycles. The van der Waals surface area contributed by atoms with E-state index >= 15 is 0 Å². The Morgan fingerprint density at radius 2 is 1.43 bits per heavy atom. The molecular weight excluding hydrogens is 436 g/mol. The van der Waals surface area contributed by atoms with Crippen LogP contribution in [0.2, 0.25) is 0 Å². The molecule has 0 aliphatic heterocycles. The molecule has 5 aromatic rings. The summed E-state index contributed by atoms with van der Waals surface area (Å²) in [7, 11) is 0. The van der Waals surface area contributed by atoms with Crippen LogP contribution in [-0.2, 0) is 0 Å². The van der Waals surface area contributed by atoms with E-state index in [1.807, 2.05) is 91.0 Å². The number of fused-ring (bicyclic) bond motifs is 1. The first-order valence-corrected chi connectivity index (χ1v) is 10.2. The van der Waals surface area contributed by atoms with Crippen LogP contribution in [-0.4, -0.2) is 14.6 Å². The van der Waals surface area contributed by atoms with Crippen LogP contribution in [0.25, 0.3) is 39.4 Å². The van der Waals surface area contributed by atoms with Gasteiger partial charge in [-0.25, -0.2) is 9.50 Å². The second kappa shape index (κ2) is 7.58. The van der Waals surface area contributed by atoms with Crippen molar-refractivity contribution in [2.45, 2.75) is 0 Å². The van der Waals surface area contributed by atoms with Gasteiger partial charge in [0.2, 0.25) is 0 Å². The molecule has 0 aliphatic rings. The van der Waals surface area contributed by atoms with E-state index in [2.05, 4.69) is 22.0 Å². The summed E-state index contributed by atoms with van der Waals surface area (Å²) in [5.41, 5.74) is 5.63. The molecule has 0 N–H and O–H groups in total. The third-order valence-electron chi connectivity index (χ3n) is 4.96. The highest BCUT2D eigenvalue weighted by atomic mass is 79.9. The van der Waals surface area contributed by atoms with Gasteiger partial charge in [0, 0.05) is 21.2 Å². The first kappa shape index (κ1) is 18.3. The molecule has 5 heteroatoms. The average Bonchev–Trinajstić information content (AvgIpc) is 3.24. The van der Waals surface area contributed by atoms with Crippen molar-refractivity contribution >= 4 is 21.6 Å². The molecular formula is C25H15BrN4. The van der Waals surface area contributed by atoms with Crippen LogP contribution >= 0.6 is 15.9 Å². The minimum absolute atomic E-state index is 0.502. The Hall–Kier alpha value is -3.75. The van der Waals surface area contributed by atoms with Gasteiger partial charge in [0.15, 0.2) is 11.5 Å². The summed E-state index contributed by atoms with van der Waals surface area (Å²) in [5, 5.41) is 14.8. The minimum atomic E-state index is 0.502. The first-order chi connectivity index (χ1) is 14.7. The number of nitriles is 1. The van der Waals surface area contributed by atoms with Gasteiger partial charge in [-0.3, -0.25) is 0 Å². The normalized spacial score (nSPS) is 10.8. The summed E-state index contributed by atoms with van der Waals surface area (Å²) in [6.45, 7) is 0. The largest absolute Gasteiger partial charge is 0.211 e. The number of hydrogen-bond donors (Lipinski definition) is 0. The van der Waals surface area contributed by atoms with Crippen molar-refractivity contribution in [3.63, 3.8) is 0 Å². The molecule has 0 unspecified atom stereocenters. The zero-order valence-corrected chi connectivity index (χ0v) is 17.4. The fourth-order valence-electron chi connectivity index (χ4n) is 3.55. The van der Waals surface area contributed by atoms with Crippen LogP contribution in [0.5, 0.6) is 0 Å².